The van der Waals surface area contributed by atoms with Crippen LogP contribution in [0.1, 0.15) is 5.56 Å². The van der Waals surface area contributed by atoms with Gasteiger partial charge in [-0.05, 0) is 36.8 Å². The molecule has 0 aromatic heterocycles. The molecule has 2 aromatic carbocycles. The molecule has 0 aliphatic heterocycles. The van der Waals surface area contributed by atoms with E-state index in [0.717, 1.165) is 11.6 Å². The van der Waals surface area contributed by atoms with Crippen molar-refractivity contribution in [3.05, 3.63) is 63.7 Å². The van der Waals surface area contributed by atoms with Crippen molar-refractivity contribution < 1.29 is 18.4 Å². The largest absolute Gasteiger partial charge is 0.447 e. The van der Waals surface area contributed by atoms with Gasteiger partial charge in [-0.3, -0.25) is 10.1 Å². The summed E-state index contributed by atoms with van der Waals surface area (Å²) in [6, 6.07) is 7.49. The molecule has 0 aliphatic rings. The number of hydrogen-bond donors (Lipinski definition) is 0. The molecule has 0 radical (unpaired) electrons. The molecule has 0 saturated carbocycles. The summed E-state index contributed by atoms with van der Waals surface area (Å²) < 4.78 is 32.0. The van der Waals surface area contributed by atoms with Gasteiger partial charge in [0, 0.05) is 0 Å². The summed E-state index contributed by atoms with van der Waals surface area (Å²) in [4.78, 5) is 9.87. The fourth-order valence-electron chi connectivity index (χ4n) is 1.56. The molecule has 0 fully saturated rings. The summed E-state index contributed by atoms with van der Waals surface area (Å²) in [6.07, 6.45) is 0. The number of aryl methyl sites for hydroxylation is 1. The van der Waals surface area contributed by atoms with E-state index in [2.05, 4.69) is 0 Å². The van der Waals surface area contributed by atoms with Crippen molar-refractivity contribution in [2.45, 2.75) is 6.92 Å². The van der Waals surface area contributed by atoms with E-state index in [-0.39, 0.29) is 11.5 Å². The van der Waals surface area contributed by atoms with Gasteiger partial charge < -0.3 is 4.74 Å². The number of para-hydroxylation sites is 1. The Labute approximate surface area is 107 Å². The number of halogens is 2. The summed E-state index contributed by atoms with van der Waals surface area (Å²) in [5.74, 6) is -2.23. The van der Waals surface area contributed by atoms with E-state index in [4.69, 9.17) is 4.74 Å². The van der Waals surface area contributed by atoms with Gasteiger partial charge in [-0.2, -0.15) is 4.39 Å². The first-order chi connectivity index (χ1) is 8.99. The number of hydrogen-bond acceptors (Lipinski definition) is 3. The minimum absolute atomic E-state index is 0.186. The molecule has 98 valence electrons. The van der Waals surface area contributed by atoms with Crippen LogP contribution in [-0.2, 0) is 0 Å². The van der Waals surface area contributed by atoms with Gasteiger partial charge >= 0.3 is 5.69 Å². The third-order valence-electron chi connectivity index (χ3n) is 2.44. The van der Waals surface area contributed by atoms with Crippen molar-refractivity contribution in [2.24, 2.45) is 0 Å². The van der Waals surface area contributed by atoms with Gasteiger partial charge in [0.05, 0.1) is 4.92 Å². The van der Waals surface area contributed by atoms with Gasteiger partial charge in [0.2, 0.25) is 11.6 Å². The maximum Gasteiger partial charge on any atom is 0.346 e. The normalized spacial score (nSPS) is 10.3. The lowest BCUT2D eigenvalue weighted by Gasteiger charge is -2.08. The molecular formula is C13H9F2NO3. The second-order valence-electron chi connectivity index (χ2n) is 3.88. The molecule has 0 atom stereocenters. The molecule has 0 bridgehead atoms. The van der Waals surface area contributed by atoms with Crippen molar-refractivity contribution in [2.75, 3.05) is 0 Å². The molecule has 0 unspecified atom stereocenters. The molecule has 4 nitrogen and oxygen atoms in total. The van der Waals surface area contributed by atoms with Gasteiger partial charge in [-0.1, -0.05) is 12.1 Å². The van der Waals surface area contributed by atoms with E-state index in [1.54, 1.807) is 6.92 Å². The van der Waals surface area contributed by atoms with Crippen LogP contribution in [-0.4, -0.2) is 4.92 Å². The quantitative estimate of drug-likeness (QED) is 0.623. The zero-order valence-electron chi connectivity index (χ0n) is 9.89. The third-order valence-corrected chi connectivity index (χ3v) is 2.44. The Hall–Kier alpha value is -2.50. The molecule has 0 saturated heterocycles. The first kappa shape index (κ1) is 12.9. The standard InChI is InChI=1S/C13H9F2NO3/c1-8-5-6-9(14)12(7-8)19-11-4-2-3-10(15)13(11)16(17)18/h2-7H,1H3. The lowest BCUT2D eigenvalue weighted by molar-refractivity contribution is -0.388. The summed E-state index contributed by atoms with van der Waals surface area (Å²) in [5.41, 5.74) is -0.0983. The molecule has 0 aliphatic carbocycles. The molecule has 19 heavy (non-hydrogen) atoms. The van der Waals surface area contributed by atoms with Crippen LogP contribution in [0.5, 0.6) is 11.5 Å². The van der Waals surface area contributed by atoms with Gasteiger partial charge in [-0.25, -0.2) is 4.39 Å². The van der Waals surface area contributed by atoms with Gasteiger partial charge in [-0.15, -0.1) is 0 Å². The molecule has 2 aromatic rings. The smallest absolute Gasteiger partial charge is 0.346 e. The lowest BCUT2D eigenvalue weighted by atomic mass is 10.2. The second-order valence-corrected chi connectivity index (χ2v) is 3.88. The van der Waals surface area contributed by atoms with Crippen LogP contribution in [0.2, 0.25) is 0 Å². The van der Waals surface area contributed by atoms with E-state index in [9.17, 15) is 18.9 Å². The topological polar surface area (TPSA) is 52.4 Å². The first-order valence-electron chi connectivity index (χ1n) is 5.36. The van der Waals surface area contributed by atoms with E-state index in [0.29, 0.717) is 0 Å². The molecule has 0 spiro atoms. The number of ether oxygens (including phenoxy) is 1. The molecule has 0 amide bonds. The van der Waals surface area contributed by atoms with Crippen molar-refractivity contribution in [1.82, 2.24) is 0 Å². The Balaban J connectivity index is 2.46. The summed E-state index contributed by atoms with van der Waals surface area (Å²) in [6.45, 7) is 1.71. The van der Waals surface area contributed by atoms with Crippen molar-refractivity contribution in [3.8, 4) is 11.5 Å². The lowest BCUT2D eigenvalue weighted by Crippen LogP contribution is -1.97. The monoisotopic (exact) mass is 265 g/mol. The maximum atomic E-state index is 13.5. The van der Waals surface area contributed by atoms with E-state index >= 15 is 0 Å². The first-order valence-corrected chi connectivity index (χ1v) is 5.36. The number of nitrogens with zero attached hydrogens (tertiary/aromatic N) is 1. The fraction of sp³-hybridized carbons (Fsp3) is 0.0769. The van der Waals surface area contributed by atoms with Gasteiger partial charge in [0.25, 0.3) is 0 Å². The van der Waals surface area contributed by atoms with Gasteiger partial charge in [0.15, 0.2) is 11.6 Å². The molecular weight excluding hydrogens is 256 g/mol. The predicted octanol–water partition coefficient (Wildman–Crippen LogP) is 3.97. The molecule has 6 heteroatoms. The highest BCUT2D eigenvalue weighted by atomic mass is 19.1. The SMILES string of the molecule is Cc1ccc(F)c(Oc2cccc(F)c2[N+](=O)[O-])c1. The van der Waals surface area contributed by atoms with Crippen LogP contribution in [0, 0.1) is 28.7 Å². The highest BCUT2D eigenvalue weighted by Gasteiger charge is 2.22. The molecule has 2 rings (SSSR count). The Bertz CT molecular complexity index is 644. The van der Waals surface area contributed by atoms with Crippen LogP contribution in [0.25, 0.3) is 0 Å². The van der Waals surface area contributed by atoms with Gasteiger partial charge in [0.1, 0.15) is 0 Å². The average Bonchev–Trinajstić information content (AvgIpc) is 2.33. The molecule has 0 N–H and O–H groups in total. The number of benzene rings is 2. The second kappa shape index (κ2) is 5.01. The van der Waals surface area contributed by atoms with Crippen LogP contribution in [0.15, 0.2) is 36.4 Å². The third kappa shape index (κ3) is 2.67. The Morgan fingerprint density at radius 3 is 2.53 bits per heavy atom. The van der Waals surface area contributed by atoms with Crippen molar-refractivity contribution in [1.29, 1.82) is 0 Å². The van der Waals surface area contributed by atoms with Crippen molar-refractivity contribution in [3.63, 3.8) is 0 Å². The zero-order chi connectivity index (χ0) is 14.0. The minimum atomic E-state index is -1.03. The summed E-state index contributed by atoms with van der Waals surface area (Å²) in [7, 11) is 0. The van der Waals surface area contributed by atoms with E-state index in [1.807, 2.05) is 0 Å². The van der Waals surface area contributed by atoms with Crippen molar-refractivity contribution >= 4 is 5.69 Å². The highest BCUT2D eigenvalue weighted by molar-refractivity contribution is 5.49. The minimum Gasteiger partial charge on any atom is -0.447 e. The van der Waals surface area contributed by atoms with Crippen LogP contribution >= 0.6 is 0 Å². The summed E-state index contributed by atoms with van der Waals surface area (Å²) >= 11 is 0. The highest BCUT2D eigenvalue weighted by Crippen LogP contribution is 2.34. The fourth-order valence-corrected chi connectivity index (χ4v) is 1.56. The van der Waals surface area contributed by atoms with E-state index < -0.39 is 22.2 Å². The zero-order valence-corrected chi connectivity index (χ0v) is 9.89. The number of nitro groups is 1. The number of rotatable bonds is 3. The maximum absolute atomic E-state index is 13.5. The van der Waals surface area contributed by atoms with Crippen LogP contribution in [0.4, 0.5) is 14.5 Å². The van der Waals surface area contributed by atoms with Crippen LogP contribution < -0.4 is 4.74 Å². The predicted molar refractivity (Wildman–Crippen MR) is 64.3 cm³/mol. The molecule has 0 heterocycles. The Morgan fingerprint density at radius 2 is 1.84 bits per heavy atom. The Kier molecular flexibility index (Phi) is 3.41. The van der Waals surface area contributed by atoms with E-state index in [1.165, 1.54) is 30.3 Å². The van der Waals surface area contributed by atoms with Crippen LogP contribution in [0.3, 0.4) is 0 Å². The summed E-state index contributed by atoms with van der Waals surface area (Å²) in [5, 5.41) is 10.8. The number of nitro benzene ring substituents is 1. The Morgan fingerprint density at radius 1 is 1.11 bits per heavy atom. The average molecular weight is 265 g/mol.